The smallest absolute Gasteiger partial charge is 0.0410 e. The van der Waals surface area contributed by atoms with Crippen molar-refractivity contribution in [3.63, 3.8) is 0 Å². The molecule has 0 aromatic heterocycles. The van der Waals surface area contributed by atoms with Crippen LogP contribution in [0.3, 0.4) is 0 Å². The Labute approximate surface area is 130 Å². The molecule has 0 aliphatic heterocycles. The van der Waals surface area contributed by atoms with E-state index in [9.17, 15) is 0 Å². The van der Waals surface area contributed by atoms with Gasteiger partial charge in [-0.1, -0.05) is 35.3 Å². The van der Waals surface area contributed by atoms with Gasteiger partial charge in [-0.2, -0.15) is 0 Å². The highest BCUT2D eigenvalue weighted by Crippen LogP contribution is 2.25. The van der Waals surface area contributed by atoms with E-state index >= 15 is 0 Å². The molecule has 0 aliphatic rings. The van der Waals surface area contributed by atoms with Crippen molar-refractivity contribution >= 4 is 45.8 Å². The summed E-state index contributed by atoms with van der Waals surface area (Å²) in [6, 6.07) is 13.5. The van der Waals surface area contributed by atoms with E-state index in [0.717, 1.165) is 25.6 Å². The van der Waals surface area contributed by atoms with Gasteiger partial charge in [0.05, 0.1) is 0 Å². The van der Waals surface area contributed by atoms with Crippen LogP contribution in [0.1, 0.15) is 17.2 Å². The molecule has 2 aromatic rings. The predicted molar refractivity (Wildman–Crippen MR) is 86.3 cm³/mol. The second kappa shape index (κ2) is 6.24. The van der Waals surface area contributed by atoms with Crippen molar-refractivity contribution in [1.82, 2.24) is 0 Å². The van der Waals surface area contributed by atoms with Crippen LogP contribution in [0.5, 0.6) is 0 Å². The molecule has 1 unspecified atom stereocenters. The van der Waals surface area contributed by atoms with Crippen LogP contribution in [0.2, 0.25) is 10.0 Å². The summed E-state index contributed by atoms with van der Waals surface area (Å²) in [6.07, 6.45) is 0.771. The van der Waals surface area contributed by atoms with E-state index in [0.29, 0.717) is 0 Å². The molecule has 18 heavy (non-hydrogen) atoms. The Bertz CT molecular complexity index is 540. The minimum absolute atomic E-state index is 0.0585. The first-order chi connectivity index (χ1) is 8.56. The maximum absolute atomic E-state index is 6.24. The summed E-state index contributed by atoms with van der Waals surface area (Å²) < 4.78 is 1.14. The van der Waals surface area contributed by atoms with Crippen LogP contribution >= 0.6 is 45.8 Å². The SMILES string of the molecule is NC(Cc1ccc(Cl)cc1)c1cc(Cl)ccc1I. The van der Waals surface area contributed by atoms with E-state index in [2.05, 4.69) is 22.6 Å². The van der Waals surface area contributed by atoms with Crippen LogP contribution in [0.4, 0.5) is 0 Å². The van der Waals surface area contributed by atoms with E-state index in [1.165, 1.54) is 5.56 Å². The third-order valence-corrected chi connectivity index (χ3v) is 4.20. The van der Waals surface area contributed by atoms with Crippen molar-refractivity contribution in [3.05, 3.63) is 67.2 Å². The van der Waals surface area contributed by atoms with Gasteiger partial charge in [0, 0.05) is 19.7 Å². The van der Waals surface area contributed by atoms with Gasteiger partial charge in [0.25, 0.3) is 0 Å². The van der Waals surface area contributed by atoms with Crippen LogP contribution in [-0.4, -0.2) is 0 Å². The molecule has 0 aliphatic carbocycles. The molecule has 2 aromatic carbocycles. The molecular formula is C14H12Cl2IN. The molecule has 0 saturated carbocycles. The van der Waals surface area contributed by atoms with Crippen LogP contribution in [0.15, 0.2) is 42.5 Å². The van der Waals surface area contributed by atoms with Gasteiger partial charge in [-0.25, -0.2) is 0 Å². The number of rotatable bonds is 3. The van der Waals surface area contributed by atoms with Gasteiger partial charge >= 0.3 is 0 Å². The number of hydrogen-bond donors (Lipinski definition) is 1. The molecule has 0 spiro atoms. The van der Waals surface area contributed by atoms with Crippen molar-refractivity contribution in [2.24, 2.45) is 5.73 Å². The third kappa shape index (κ3) is 3.60. The highest BCUT2D eigenvalue weighted by atomic mass is 127. The summed E-state index contributed by atoms with van der Waals surface area (Å²) in [5, 5.41) is 1.46. The first kappa shape index (κ1) is 14.1. The van der Waals surface area contributed by atoms with Crippen molar-refractivity contribution in [2.75, 3.05) is 0 Å². The van der Waals surface area contributed by atoms with Gasteiger partial charge in [0.1, 0.15) is 0 Å². The second-order valence-electron chi connectivity index (χ2n) is 4.10. The first-order valence-corrected chi connectivity index (χ1v) is 7.34. The fraction of sp³-hybridized carbons (Fsp3) is 0.143. The molecule has 94 valence electrons. The van der Waals surface area contributed by atoms with Crippen molar-refractivity contribution in [1.29, 1.82) is 0 Å². The van der Waals surface area contributed by atoms with Gasteiger partial charge in [0.2, 0.25) is 0 Å². The van der Waals surface area contributed by atoms with E-state index < -0.39 is 0 Å². The van der Waals surface area contributed by atoms with E-state index in [1.807, 2.05) is 42.5 Å². The molecule has 0 heterocycles. The monoisotopic (exact) mass is 391 g/mol. The Morgan fingerprint density at radius 1 is 1.00 bits per heavy atom. The average Bonchev–Trinajstić information content (AvgIpc) is 2.35. The van der Waals surface area contributed by atoms with Gasteiger partial charge in [0.15, 0.2) is 0 Å². The van der Waals surface area contributed by atoms with Crippen molar-refractivity contribution in [3.8, 4) is 0 Å². The number of halogens is 3. The molecule has 0 radical (unpaired) electrons. The third-order valence-electron chi connectivity index (χ3n) is 2.73. The summed E-state index contributed by atoms with van der Waals surface area (Å²) in [7, 11) is 0. The molecule has 0 fully saturated rings. The normalized spacial score (nSPS) is 12.4. The summed E-state index contributed by atoms with van der Waals surface area (Å²) in [4.78, 5) is 0. The highest BCUT2D eigenvalue weighted by Gasteiger charge is 2.11. The molecule has 0 saturated heterocycles. The number of benzene rings is 2. The number of hydrogen-bond acceptors (Lipinski definition) is 1. The highest BCUT2D eigenvalue weighted by molar-refractivity contribution is 14.1. The summed E-state index contributed by atoms with van der Waals surface area (Å²) >= 11 is 14.2. The Morgan fingerprint density at radius 3 is 2.28 bits per heavy atom. The molecule has 4 heteroatoms. The first-order valence-electron chi connectivity index (χ1n) is 5.51. The number of nitrogens with two attached hydrogens (primary N) is 1. The van der Waals surface area contributed by atoms with Gasteiger partial charge in [-0.3, -0.25) is 0 Å². The second-order valence-corrected chi connectivity index (χ2v) is 6.14. The zero-order valence-electron chi connectivity index (χ0n) is 9.54. The van der Waals surface area contributed by atoms with Crippen LogP contribution in [0.25, 0.3) is 0 Å². The fourth-order valence-electron chi connectivity index (χ4n) is 1.78. The minimum atomic E-state index is -0.0585. The Balaban J connectivity index is 2.18. The van der Waals surface area contributed by atoms with Crippen molar-refractivity contribution < 1.29 is 0 Å². The van der Waals surface area contributed by atoms with Gasteiger partial charge < -0.3 is 5.73 Å². The maximum atomic E-state index is 6.24. The van der Waals surface area contributed by atoms with E-state index in [1.54, 1.807) is 0 Å². The molecule has 2 N–H and O–H groups in total. The Hall–Kier alpha value is -0.290. The van der Waals surface area contributed by atoms with Gasteiger partial charge in [-0.05, 0) is 70.5 Å². The molecule has 1 atom stereocenters. The summed E-state index contributed by atoms with van der Waals surface area (Å²) in [5.74, 6) is 0. The quantitative estimate of drug-likeness (QED) is 0.744. The predicted octanol–water partition coefficient (Wildman–Crippen LogP) is 4.84. The lowest BCUT2D eigenvalue weighted by atomic mass is 10.00. The average molecular weight is 392 g/mol. The van der Waals surface area contributed by atoms with Crippen LogP contribution < -0.4 is 5.73 Å². The lowest BCUT2D eigenvalue weighted by Gasteiger charge is -2.14. The lowest BCUT2D eigenvalue weighted by molar-refractivity contribution is 0.718. The minimum Gasteiger partial charge on any atom is -0.324 e. The molecule has 0 bridgehead atoms. The van der Waals surface area contributed by atoms with Crippen molar-refractivity contribution in [2.45, 2.75) is 12.5 Å². The van der Waals surface area contributed by atoms with E-state index in [-0.39, 0.29) is 6.04 Å². The maximum Gasteiger partial charge on any atom is 0.0410 e. The molecule has 0 amide bonds. The zero-order chi connectivity index (χ0) is 13.1. The summed E-state index contributed by atoms with van der Waals surface area (Å²) in [6.45, 7) is 0. The largest absolute Gasteiger partial charge is 0.324 e. The zero-order valence-corrected chi connectivity index (χ0v) is 13.2. The summed E-state index contributed by atoms with van der Waals surface area (Å²) in [5.41, 5.74) is 8.49. The van der Waals surface area contributed by atoms with Crippen LogP contribution in [-0.2, 0) is 6.42 Å². The molecule has 2 rings (SSSR count). The fourth-order valence-corrected chi connectivity index (χ4v) is 2.83. The standard InChI is InChI=1S/C14H12Cl2IN/c15-10-3-1-9(2-4-10)7-14(18)12-8-11(16)5-6-13(12)17/h1-6,8,14H,7,18H2. The lowest BCUT2D eigenvalue weighted by Crippen LogP contribution is -2.14. The van der Waals surface area contributed by atoms with Gasteiger partial charge in [-0.15, -0.1) is 0 Å². The Kier molecular flexibility index (Phi) is 4.90. The Morgan fingerprint density at radius 2 is 1.61 bits per heavy atom. The topological polar surface area (TPSA) is 26.0 Å². The molecular weight excluding hydrogens is 380 g/mol. The van der Waals surface area contributed by atoms with Crippen LogP contribution in [0, 0.1) is 3.57 Å². The molecule has 1 nitrogen and oxygen atoms in total. The van der Waals surface area contributed by atoms with E-state index in [4.69, 9.17) is 28.9 Å².